The number of fused-ring (bicyclic) bond motifs is 1. The van der Waals surface area contributed by atoms with E-state index in [-0.39, 0.29) is 5.91 Å². The molecule has 0 bridgehead atoms. The van der Waals surface area contributed by atoms with Crippen LogP contribution in [0.5, 0.6) is 0 Å². The van der Waals surface area contributed by atoms with Crippen molar-refractivity contribution in [3.05, 3.63) is 35.5 Å². The van der Waals surface area contributed by atoms with Crippen LogP contribution in [0.3, 0.4) is 0 Å². The SMILES string of the molecule is Cc1c(C(=O)NCCCN2CC(C)CC(C)C2)[nH]c2ccccc12. The lowest BCUT2D eigenvalue weighted by atomic mass is 9.92. The van der Waals surface area contributed by atoms with Crippen molar-refractivity contribution >= 4 is 16.8 Å². The summed E-state index contributed by atoms with van der Waals surface area (Å²) in [4.78, 5) is 18.2. The van der Waals surface area contributed by atoms with E-state index in [9.17, 15) is 4.79 Å². The van der Waals surface area contributed by atoms with Crippen molar-refractivity contribution < 1.29 is 4.79 Å². The lowest BCUT2D eigenvalue weighted by molar-refractivity contribution is 0.0942. The Morgan fingerprint density at radius 2 is 1.96 bits per heavy atom. The van der Waals surface area contributed by atoms with Crippen LogP contribution in [-0.4, -0.2) is 42.0 Å². The van der Waals surface area contributed by atoms with Gasteiger partial charge in [-0.15, -0.1) is 0 Å². The van der Waals surface area contributed by atoms with E-state index in [2.05, 4.69) is 35.1 Å². The predicted octanol–water partition coefficient (Wildman–Crippen LogP) is 3.57. The molecule has 1 amide bonds. The summed E-state index contributed by atoms with van der Waals surface area (Å²) in [7, 11) is 0. The van der Waals surface area contributed by atoms with Crippen LogP contribution in [0.2, 0.25) is 0 Å². The quantitative estimate of drug-likeness (QED) is 0.825. The minimum absolute atomic E-state index is 0.00378. The average Bonchev–Trinajstić information content (AvgIpc) is 2.88. The van der Waals surface area contributed by atoms with Crippen LogP contribution in [0.4, 0.5) is 0 Å². The molecule has 3 rings (SSSR count). The van der Waals surface area contributed by atoms with Crippen LogP contribution in [0.25, 0.3) is 10.9 Å². The third-order valence-electron chi connectivity index (χ3n) is 5.07. The molecule has 1 saturated heterocycles. The maximum Gasteiger partial charge on any atom is 0.268 e. The molecular formula is C20H29N3O. The first-order chi connectivity index (χ1) is 11.5. The number of amides is 1. The maximum absolute atomic E-state index is 12.4. The topological polar surface area (TPSA) is 48.1 Å². The molecule has 1 aromatic carbocycles. The number of piperidine rings is 1. The smallest absolute Gasteiger partial charge is 0.268 e. The number of aromatic nitrogens is 1. The second-order valence-electron chi connectivity index (χ2n) is 7.49. The van der Waals surface area contributed by atoms with Gasteiger partial charge < -0.3 is 15.2 Å². The Bertz CT molecular complexity index is 696. The summed E-state index contributed by atoms with van der Waals surface area (Å²) >= 11 is 0. The Balaban J connectivity index is 1.49. The summed E-state index contributed by atoms with van der Waals surface area (Å²) in [5.74, 6) is 1.58. The highest BCUT2D eigenvalue weighted by Crippen LogP contribution is 2.22. The monoisotopic (exact) mass is 327 g/mol. The molecule has 2 N–H and O–H groups in total. The standard InChI is InChI=1S/C20H29N3O/c1-14-11-15(2)13-23(12-14)10-6-9-21-20(24)19-16(3)17-7-4-5-8-18(17)22-19/h4-5,7-8,14-15,22H,6,9-13H2,1-3H3,(H,21,24). The Hall–Kier alpha value is -1.81. The zero-order valence-corrected chi connectivity index (χ0v) is 15.1. The fraction of sp³-hybridized carbons (Fsp3) is 0.550. The minimum atomic E-state index is 0.00378. The van der Waals surface area contributed by atoms with E-state index in [0.717, 1.165) is 47.8 Å². The number of rotatable bonds is 5. The maximum atomic E-state index is 12.4. The minimum Gasteiger partial charge on any atom is -0.351 e. The summed E-state index contributed by atoms with van der Waals surface area (Å²) in [6.07, 6.45) is 2.34. The number of carbonyl (C=O) groups excluding carboxylic acids is 1. The highest BCUT2D eigenvalue weighted by molar-refractivity contribution is 6.00. The number of likely N-dealkylation sites (tertiary alicyclic amines) is 1. The molecule has 2 heterocycles. The molecule has 0 spiro atoms. The van der Waals surface area contributed by atoms with Crippen LogP contribution in [0, 0.1) is 18.8 Å². The van der Waals surface area contributed by atoms with Gasteiger partial charge in [-0.05, 0) is 49.8 Å². The average molecular weight is 327 g/mol. The first-order valence-corrected chi connectivity index (χ1v) is 9.12. The van der Waals surface area contributed by atoms with Crippen molar-refractivity contribution in [3.8, 4) is 0 Å². The third-order valence-corrected chi connectivity index (χ3v) is 5.07. The fourth-order valence-corrected chi connectivity index (χ4v) is 4.08. The summed E-state index contributed by atoms with van der Waals surface area (Å²) in [6.45, 7) is 10.9. The summed E-state index contributed by atoms with van der Waals surface area (Å²) < 4.78 is 0. The van der Waals surface area contributed by atoms with E-state index in [1.807, 2.05) is 25.1 Å². The number of aromatic amines is 1. The van der Waals surface area contributed by atoms with Gasteiger partial charge in [0.15, 0.2) is 0 Å². The second-order valence-corrected chi connectivity index (χ2v) is 7.49. The number of para-hydroxylation sites is 1. The normalized spacial score (nSPS) is 22.0. The van der Waals surface area contributed by atoms with Crippen LogP contribution in [0.15, 0.2) is 24.3 Å². The van der Waals surface area contributed by atoms with Crippen molar-refractivity contribution in [3.63, 3.8) is 0 Å². The molecule has 130 valence electrons. The Labute approximate surface area is 144 Å². The van der Waals surface area contributed by atoms with E-state index in [4.69, 9.17) is 0 Å². The van der Waals surface area contributed by atoms with Gasteiger partial charge in [-0.25, -0.2) is 0 Å². The van der Waals surface area contributed by atoms with Gasteiger partial charge in [-0.1, -0.05) is 32.0 Å². The van der Waals surface area contributed by atoms with E-state index in [1.165, 1.54) is 19.5 Å². The number of H-pyrrole nitrogens is 1. The number of hydrogen-bond donors (Lipinski definition) is 2. The summed E-state index contributed by atoms with van der Waals surface area (Å²) in [5.41, 5.74) is 2.75. The van der Waals surface area contributed by atoms with Crippen molar-refractivity contribution in [2.45, 2.75) is 33.6 Å². The zero-order chi connectivity index (χ0) is 17.1. The first kappa shape index (κ1) is 17.0. The van der Waals surface area contributed by atoms with Crippen LogP contribution < -0.4 is 5.32 Å². The van der Waals surface area contributed by atoms with Crippen molar-refractivity contribution in [2.75, 3.05) is 26.2 Å². The van der Waals surface area contributed by atoms with Gasteiger partial charge in [0.1, 0.15) is 5.69 Å². The number of benzene rings is 1. The second kappa shape index (κ2) is 7.39. The highest BCUT2D eigenvalue weighted by atomic mass is 16.1. The Kier molecular flexibility index (Phi) is 5.24. The molecule has 1 aliphatic rings. The number of nitrogens with one attached hydrogen (secondary N) is 2. The lowest BCUT2D eigenvalue weighted by Crippen LogP contribution is -2.40. The molecule has 2 aromatic rings. The van der Waals surface area contributed by atoms with Crippen molar-refractivity contribution in [1.29, 1.82) is 0 Å². The van der Waals surface area contributed by atoms with Crippen LogP contribution in [0.1, 0.15) is 42.7 Å². The van der Waals surface area contributed by atoms with E-state index >= 15 is 0 Å². The summed E-state index contributed by atoms with van der Waals surface area (Å²) in [6, 6.07) is 8.06. The molecule has 4 nitrogen and oxygen atoms in total. The van der Waals surface area contributed by atoms with Gasteiger partial charge in [-0.2, -0.15) is 0 Å². The van der Waals surface area contributed by atoms with Gasteiger partial charge >= 0.3 is 0 Å². The van der Waals surface area contributed by atoms with Crippen molar-refractivity contribution in [1.82, 2.24) is 15.2 Å². The molecule has 2 unspecified atom stereocenters. The zero-order valence-electron chi connectivity index (χ0n) is 15.1. The third kappa shape index (κ3) is 3.81. The van der Waals surface area contributed by atoms with Crippen LogP contribution >= 0.6 is 0 Å². The Morgan fingerprint density at radius 1 is 1.25 bits per heavy atom. The fourth-order valence-electron chi connectivity index (χ4n) is 4.08. The molecule has 0 radical (unpaired) electrons. The molecule has 0 aliphatic carbocycles. The first-order valence-electron chi connectivity index (χ1n) is 9.12. The molecule has 2 atom stereocenters. The summed E-state index contributed by atoms with van der Waals surface area (Å²) in [5, 5.41) is 4.19. The van der Waals surface area contributed by atoms with Gasteiger partial charge in [-0.3, -0.25) is 4.79 Å². The van der Waals surface area contributed by atoms with Gasteiger partial charge in [0.25, 0.3) is 5.91 Å². The van der Waals surface area contributed by atoms with Crippen molar-refractivity contribution in [2.24, 2.45) is 11.8 Å². The number of nitrogens with zero attached hydrogens (tertiary/aromatic N) is 1. The van der Waals surface area contributed by atoms with Gasteiger partial charge in [0.05, 0.1) is 0 Å². The highest BCUT2D eigenvalue weighted by Gasteiger charge is 2.21. The van der Waals surface area contributed by atoms with E-state index in [1.54, 1.807) is 0 Å². The lowest BCUT2D eigenvalue weighted by Gasteiger charge is -2.34. The predicted molar refractivity (Wildman–Crippen MR) is 99.4 cm³/mol. The van der Waals surface area contributed by atoms with Gasteiger partial charge in [0, 0.05) is 30.5 Å². The Morgan fingerprint density at radius 3 is 2.67 bits per heavy atom. The van der Waals surface area contributed by atoms with Crippen LogP contribution in [-0.2, 0) is 0 Å². The van der Waals surface area contributed by atoms with E-state index < -0.39 is 0 Å². The molecular weight excluding hydrogens is 298 g/mol. The van der Waals surface area contributed by atoms with Gasteiger partial charge in [0.2, 0.25) is 0 Å². The number of hydrogen-bond acceptors (Lipinski definition) is 2. The molecule has 4 heteroatoms. The molecule has 1 aromatic heterocycles. The molecule has 1 fully saturated rings. The molecule has 24 heavy (non-hydrogen) atoms. The largest absolute Gasteiger partial charge is 0.351 e. The van der Waals surface area contributed by atoms with E-state index in [0.29, 0.717) is 5.69 Å². The molecule has 1 aliphatic heterocycles. The number of aryl methyl sites for hydroxylation is 1. The molecule has 0 saturated carbocycles. The number of carbonyl (C=O) groups is 1.